The van der Waals surface area contributed by atoms with Gasteiger partial charge in [-0.15, -0.1) is 0 Å². The van der Waals surface area contributed by atoms with Gasteiger partial charge in [0.2, 0.25) is 0 Å². The molecule has 108 valence electrons. The second-order valence-corrected chi connectivity index (χ2v) is 5.21. The Morgan fingerprint density at radius 1 is 1.35 bits per heavy atom. The van der Waals surface area contributed by atoms with Crippen molar-refractivity contribution in [1.29, 1.82) is 0 Å². The third-order valence-electron chi connectivity index (χ3n) is 3.92. The number of fused-ring (bicyclic) bond motifs is 1. The number of hydrogen-bond acceptors (Lipinski definition) is 2. The van der Waals surface area contributed by atoms with Gasteiger partial charge in [-0.25, -0.2) is 4.79 Å². The van der Waals surface area contributed by atoms with Crippen molar-refractivity contribution in [3.63, 3.8) is 0 Å². The number of carbonyl (C=O) groups is 1. The molecule has 20 heavy (non-hydrogen) atoms. The number of hydrogen-bond donors (Lipinski definition) is 2. The van der Waals surface area contributed by atoms with Gasteiger partial charge in [0.05, 0.1) is 12.6 Å². The number of benzene rings is 1. The number of alkyl halides is 3. The highest BCUT2D eigenvalue weighted by atomic mass is 19.4. The number of halogens is 3. The largest absolute Gasteiger partial charge is 0.410 e. The van der Waals surface area contributed by atoms with E-state index in [0.29, 0.717) is 12.1 Å². The fourth-order valence-electron chi connectivity index (χ4n) is 2.95. The van der Waals surface area contributed by atoms with E-state index in [0.717, 1.165) is 17.5 Å². The molecular formula is C13H14F3N3O. The summed E-state index contributed by atoms with van der Waals surface area (Å²) >= 11 is 0. The van der Waals surface area contributed by atoms with Gasteiger partial charge in [-0.1, -0.05) is 6.07 Å². The topological polar surface area (TPSA) is 58.4 Å². The van der Waals surface area contributed by atoms with E-state index < -0.39 is 18.2 Å². The predicted octanol–water partition coefficient (Wildman–Crippen LogP) is 2.21. The lowest BCUT2D eigenvalue weighted by Gasteiger charge is -2.24. The Bertz CT molecular complexity index is 558. The van der Waals surface area contributed by atoms with Crippen molar-refractivity contribution in [2.24, 2.45) is 0 Å². The van der Waals surface area contributed by atoms with Crippen molar-refractivity contribution >= 4 is 11.7 Å². The zero-order valence-corrected chi connectivity index (χ0v) is 10.6. The van der Waals surface area contributed by atoms with E-state index in [-0.39, 0.29) is 12.6 Å². The number of carbonyl (C=O) groups excluding carboxylic acids is 1. The minimum atomic E-state index is -4.41. The lowest BCUT2D eigenvalue weighted by Crippen LogP contribution is -2.40. The predicted molar refractivity (Wildman–Crippen MR) is 67.0 cm³/mol. The first-order valence-corrected chi connectivity index (χ1v) is 6.38. The molecule has 3 rings (SSSR count). The van der Waals surface area contributed by atoms with E-state index in [1.54, 1.807) is 12.1 Å². The van der Waals surface area contributed by atoms with Crippen LogP contribution in [0, 0.1) is 0 Å². The van der Waals surface area contributed by atoms with Crippen LogP contribution in [0.1, 0.15) is 23.6 Å². The molecule has 2 amide bonds. The molecular weight excluding hydrogens is 271 g/mol. The Kier molecular flexibility index (Phi) is 2.81. The van der Waals surface area contributed by atoms with Crippen molar-refractivity contribution in [2.75, 3.05) is 12.3 Å². The number of rotatable bonds is 1. The van der Waals surface area contributed by atoms with E-state index in [2.05, 4.69) is 0 Å². The van der Waals surface area contributed by atoms with E-state index >= 15 is 0 Å². The summed E-state index contributed by atoms with van der Waals surface area (Å²) in [6, 6.07) is 2.61. The highest BCUT2D eigenvalue weighted by Gasteiger charge is 2.49. The zero-order chi connectivity index (χ0) is 14.5. The summed E-state index contributed by atoms with van der Waals surface area (Å²) in [4.78, 5) is 13.1. The quantitative estimate of drug-likeness (QED) is 0.777. The molecule has 1 aliphatic heterocycles. The first-order valence-electron chi connectivity index (χ1n) is 6.38. The normalized spacial score (nSPS) is 25.8. The number of nitrogen functional groups attached to an aromatic ring is 1. The average molecular weight is 285 g/mol. The molecule has 0 saturated carbocycles. The van der Waals surface area contributed by atoms with Crippen LogP contribution in [0.25, 0.3) is 0 Å². The van der Waals surface area contributed by atoms with Crippen LogP contribution in [-0.4, -0.2) is 29.7 Å². The Labute approximate surface area is 113 Å². The molecule has 2 atom stereocenters. The van der Waals surface area contributed by atoms with Crippen LogP contribution in [0.3, 0.4) is 0 Å². The van der Waals surface area contributed by atoms with E-state index in [1.807, 2.05) is 11.4 Å². The third kappa shape index (κ3) is 2.07. The number of aryl methyl sites for hydroxylation is 1. The lowest BCUT2D eigenvalue weighted by atomic mass is 10.1. The van der Waals surface area contributed by atoms with Gasteiger partial charge < -0.3 is 16.0 Å². The van der Waals surface area contributed by atoms with Crippen molar-refractivity contribution < 1.29 is 18.0 Å². The smallest absolute Gasteiger partial charge is 0.399 e. The zero-order valence-electron chi connectivity index (χ0n) is 10.6. The molecule has 1 aromatic carbocycles. The number of nitrogens with two attached hydrogens (primary N) is 1. The van der Waals surface area contributed by atoms with Gasteiger partial charge >= 0.3 is 12.2 Å². The molecule has 2 aliphatic rings. The lowest BCUT2D eigenvalue weighted by molar-refractivity contribution is -0.150. The highest BCUT2D eigenvalue weighted by Crippen LogP contribution is 2.39. The van der Waals surface area contributed by atoms with Crippen molar-refractivity contribution in [3.05, 3.63) is 29.3 Å². The molecule has 0 spiro atoms. The Morgan fingerprint density at radius 3 is 2.75 bits per heavy atom. The van der Waals surface area contributed by atoms with Crippen LogP contribution in [-0.2, 0) is 6.42 Å². The second-order valence-electron chi connectivity index (χ2n) is 5.21. The van der Waals surface area contributed by atoms with Crippen LogP contribution in [0.2, 0.25) is 0 Å². The molecule has 1 fully saturated rings. The van der Waals surface area contributed by atoms with E-state index in [4.69, 9.17) is 5.73 Å². The van der Waals surface area contributed by atoms with Gasteiger partial charge in [0, 0.05) is 5.69 Å². The van der Waals surface area contributed by atoms with Crippen LogP contribution in [0.5, 0.6) is 0 Å². The third-order valence-corrected chi connectivity index (χ3v) is 3.92. The van der Waals surface area contributed by atoms with Crippen LogP contribution in [0.4, 0.5) is 23.7 Å². The number of amides is 2. The molecule has 0 bridgehead atoms. The summed E-state index contributed by atoms with van der Waals surface area (Å²) in [5.74, 6) is 0. The van der Waals surface area contributed by atoms with Crippen LogP contribution in [0.15, 0.2) is 18.2 Å². The molecule has 0 radical (unpaired) electrons. The molecule has 1 aromatic rings. The Hall–Kier alpha value is -1.92. The standard InChI is InChI=1S/C13H14F3N3O/c14-13(15,16)11-6-19(12(20)18-11)10-4-1-7-5-8(17)2-3-9(7)10/h2-3,5,10-11H,1,4,6,17H2,(H,18,20)/t10-,11+/m1/s1. The summed E-state index contributed by atoms with van der Waals surface area (Å²) in [5, 5.41) is 2.00. The van der Waals surface area contributed by atoms with Crippen molar-refractivity contribution in [3.8, 4) is 0 Å². The van der Waals surface area contributed by atoms with Crippen LogP contribution < -0.4 is 11.1 Å². The van der Waals surface area contributed by atoms with Gasteiger partial charge in [-0.05, 0) is 36.1 Å². The minimum Gasteiger partial charge on any atom is -0.399 e. The minimum absolute atomic E-state index is 0.294. The van der Waals surface area contributed by atoms with Crippen molar-refractivity contribution in [2.45, 2.75) is 31.1 Å². The summed E-state index contributed by atoms with van der Waals surface area (Å²) < 4.78 is 38.1. The van der Waals surface area contributed by atoms with Gasteiger partial charge in [-0.3, -0.25) is 0 Å². The molecule has 0 aromatic heterocycles. The SMILES string of the molecule is Nc1ccc2c(c1)CC[C@H]2N1C[C@@H](C(F)(F)F)NC1=O. The molecule has 1 heterocycles. The fraction of sp³-hybridized carbons (Fsp3) is 0.462. The fourth-order valence-corrected chi connectivity index (χ4v) is 2.95. The number of nitrogens with zero attached hydrogens (tertiary/aromatic N) is 1. The number of anilines is 1. The number of nitrogens with one attached hydrogen (secondary N) is 1. The van der Waals surface area contributed by atoms with Crippen LogP contribution >= 0.6 is 0 Å². The number of urea groups is 1. The molecule has 0 unspecified atom stereocenters. The first kappa shape index (κ1) is 13.1. The van der Waals surface area contributed by atoms with Gasteiger partial charge in [0.1, 0.15) is 6.04 Å². The molecule has 3 N–H and O–H groups in total. The molecule has 1 saturated heterocycles. The monoisotopic (exact) mass is 285 g/mol. The second kappa shape index (κ2) is 4.29. The maximum absolute atomic E-state index is 12.7. The molecule has 4 nitrogen and oxygen atoms in total. The van der Waals surface area contributed by atoms with Gasteiger partial charge in [-0.2, -0.15) is 13.2 Å². The summed E-state index contributed by atoms with van der Waals surface area (Å²) in [7, 11) is 0. The van der Waals surface area contributed by atoms with E-state index in [9.17, 15) is 18.0 Å². The summed E-state index contributed by atoms with van der Waals surface area (Å²) in [6.45, 7) is -0.336. The van der Waals surface area contributed by atoms with Gasteiger partial charge in [0.15, 0.2) is 0 Å². The summed E-state index contributed by atoms with van der Waals surface area (Å²) in [5.41, 5.74) is 8.24. The first-order chi connectivity index (χ1) is 9.36. The maximum atomic E-state index is 12.7. The van der Waals surface area contributed by atoms with Gasteiger partial charge in [0.25, 0.3) is 0 Å². The highest BCUT2D eigenvalue weighted by molar-refractivity contribution is 5.78. The molecule has 7 heteroatoms. The summed E-state index contributed by atoms with van der Waals surface area (Å²) in [6.07, 6.45) is -3.05. The Morgan fingerprint density at radius 2 is 2.10 bits per heavy atom. The molecule has 1 aliphatic carbocycles. The Balaban J connectivity index is 1.84. The van der Waals surface area contributed by atoms with Crippen molar-refractivity contribution in [1.82, 2.24) is 10.2 Å². The average Bonchev–Trinajstić information content (AvgIpc) is 2.91. The van der Waals surface area contributed by atoms with E-state index in [1.165, 1.54) is 4.90 Å². The maximum Gasteiger partial charge on any atom is 0.410 e.